The molecule has 8 heteroatoms. The first-order valence-corrected chi connectivity index (χ1v) is 8.38. The number of ether oxygens (including phenoxy) is 1. The zero-order valence-corrected chi connectivity index (χ0v) is 14.3. The third-order valence-electron chi connectivity index (χ3n) is 2.75. The molecule has 0 aliphatic rings. The number of hydrogen-bond donors (Lipinski definition) is 2. The van der Waals surface area contributed by atoms with E-state index in [1.807, 2.05) is 0 Å². The molecule has 0 aliphatic heterocycles. The van der Waals surface area contributed by atoms with Crippen molar-refractivity contribution in [3.05, 3.63) is 33.8 Å². The summed E-state index contributed by atoms with van der Waals surface area (Å²) in [6, 6.07) is 4.89. The van der Waals surface area contributed by atoms with Gasteiger partial charge in [0.25, 0.3) is 0 Å². The van der Waals surface area contributed by atoms with Crippen LogP contribution < -0.4 is 5.32 Å². The van der Waals surface area contributed by atoms with Gasteiger partial charge < -0.3 is 15.2 Å². The predicted octanol–water partition coefficient (Wildman–Crippen LogP) is 3.01. The van der Waals surface area contributed by atoms with Gasteiger partial charge in [-0.05, 0) is 24.1 Å². The number of carbonyl (C=O) groups excluding carboxylic acids is 1. The summed E-state index contributed by atoms with van der Waals surface area (Å²) in [4.78, 5) is 22.3. The Kier molecular flexibility index (Phi) is 8.63. The minimum absolute atomic E-state index is 0.0805. The largest absolute Gasteiger partial charge is 0.481 e. The van der Waals surface area contributed by atoms with Gasteiger partial charge in [-0.1, -0.05) is 29.3 Å². The molecule has 1 aromatic carbocycles. The molecule has 0 aromatic heterocycles. The minimum atomic E-state index is -0.946. The van der Waals surface area contributed by atoms with E-state index in [1.165, 1.54) is 0 Å². The maximum atomic E-state index is 11.9. The van der Waals surface area contributed by atoms with Gasteiger partial charge in [0.1, 0.15) is 0 Å². The highest BCUT2D eigenvalue weighted by Gasteiger charge is 2.16. The van der Waals surface area contributed by atoms with Gasteiger partial charge in [0.15, 0.2) is 0 Å². The number of carboxylic acids is 1. The van der Waals surface area contributed by atoms with Gasteiger partial charge in [0.05, 0.1) is 27.6 Å². The maximum absolute atomic E-state index is 11.9. The Labute approximate surface area is 143 Å². The first-order valence-electron chi connectivity index (χ1n) is 6.46. The first-order chi connectivity index (χ1) is 10.4. The molecule has 0 radical (unpaired) electrons. The molecular weight excluding hydrogens is 349 g/mol. The van der Waals surface area contributed by atoms with Crippen LogP contribution in [0.3, 0.4) is 0 Å². The second-order valence-corrected chi connectivity index (χ2v) is 6.26. The molecule has 0 heterocycles. The molecule has 1 rings (SSSR count). The van der Waals surface area contributed by atoms with E-state index >= 15 is 0 Å². The van der Waals surface area contributed by atoms with Gasteiger partial charge in [-0.15, -0.1) is 11.8 Å². The average Bonchev–Trinajstić information content (AvgIpc) is 2.46. The summed E-state index contributed by atoms with van der Waals surface area (Å²) in [5.41, 5.74) is 0.822. The Morgan fingerprint density at radius 1 is 1.32 bits per heavy atom. The van der Waals surface area contributed by atoms with Crippen molar-refractivity contribution in [1.82, 2.24) is 5.32 Å². The number of hydrogen-bond acceptors (Lipinski definition) is 4. The van der Waals surface area contributed by atoms with E-state index in [9.17, 15) is 9.59 Å². The molecule has 2 N–H and O–H groups in total. The number of amides is 1. The highest BCUT2D eigenvalue weighted by atomic mass is 35.5. The number of carboxylic acid groups (broad SMARTS) is 1. The number of nitrogens with one attached hydrogen (secondary N) is 1. The van der Waals surface area contributed by atoms with Gasteiger partial charge in [-0.25, -0.2) is 0 Å². The van der Waals surface area contributed by atoms with Crippen LogP contribution in [0.15, 0.2) is 18.2 Å². The molecule has 5 nitrogen and oxygen atoms in total. The van der Waals surface area contributed by atoms with Crippen molar-refractivity contribution in [3.63, 3.8) is 0 Å². The van der Waals surface area contributed by atoms with Crippen LogP contribution >= 0.6 is 35.0 Å². The van der Waals surface area contributed by atoms with E-state index in [4.69, 9.17) is 33.0 Å². The van der Waals surface area contributed by atoms with Crippen molar-refractivity contribution >= 4 is 46.8 Å². The summed E-state index contributed by atoms with van der Waals surface area (Å²) in [7, 11) is 1.58. The first kappa shape index (κ1) is 19.1. The summed E-state index contributed by atoms with van der Waals surface area (Å²) in [5, 5.41) is 12.3. The number of benzene rings is 1. The molecule has 0 saturated carbocycles. The van der Waals surface area contributed by atoms with Crippen molar-refractivity contribution in [3.8, 4) is 0 Å². The number of thioether (sulfide) groups is 1. The topological polar surface area (TPSA) is 75.6 Å². The van der Waals surface area contributed by atoms with Crippen molar-refractivity contribution in [2.45, 2.75) is 12.5 Å². The monoisotopic (exact) mass is 365 g/mol. The lowest BCUT2D eigenvalue weighted by Crippen LogP contribution is -2.31. The van der Waals surface area contributed by atoms with Gasteiger partial charge in [-0.2, -0.15) is 0 Å². The van der Waals surface area contributed by atoms with E-state index in [-0.39, 0.29) is 23.5 Å². The molecular formula is C14H17Cl2NO4S. The summed E-state index contributed by atoms with van der Waals surface area (Å²) in [6.45, 7) is 0.466. The molecule has 1 atom stereocenters. The summed E-state index contributed by atoms with van der Waals surface area (Å²) < 4.78 is 5.05. The molecule has 0 saturated heterocycles. The Hall–Kier alpha value is -0.950. The van der Waals surface area contributed by atoms with Crippen LogP contribution in [0, 0.1) is 0 Å². The van der Waals surface area contributed by atoms with Gasteiger partial charge in [0, 0.05) is 13.7 Å². The van der Waals surface area contributed by atoms with E-state index in [0.29, 0.717) is 23.1 Å². The zero-order chi connectivity index (χ0) is 16.5. The van der Waals surface area contributed by atoms with Crippen molar-refractivity contribution in [2.24, 2.45) is 0 Å². The lowest BCUT2D eigenvalue weighted by atomic mass is 10.0. The van der Waals surface area contributed by atoms with Crippen LogP contribution in [0.1, 0.15) is 18.0 Å². The van der Waals surface area contributed by atoms with Crippen molar-refractivity contribution in [1.29, 1.82) is 0 Å². The summed E-state index contributed by atoms with van der Waals surface area (Å²) in [6.07, 6.45) is 0.573. The fourth-order valence-corrected chi connectivity index (χ4v) is 2.61. The van der Waals surface area contributed by atoms with Crippen LogP contribution in [0.5, 0.6) is 0 Å². The molecule has 0 bridgehead atoms. The van der Waals surface area contributed by atoms with Crippen molar-refractivity contribution < 1.29 is 19.4 Å². The minimum Gasteiger partial charge on any atom is -0.481 e. The number of carbonyl (C=O) groups is 2. The normalized spacial score (nSPS) is 12.0. The molecule has 22 heavy (non-hydrogen) atoms. The fourth-order valence-electron chi connectivity index (χ4n) is 1.75. The number of halogens is 2. The summed E-state index contributed by atoms with van der Waals surface area (Å²) >= 11 is 12.9. The van der Waals surface area contributed by atoms with E-state index in [1.54, 1.807) is 25.3 Å². The predicted molar refractivity (Wildman–Crippen MR) is 88.8 cm³/mol. The average molecular weight is 366 g/mol. The lowest BCUT2D eigenvalue weighted by molar-refractivity contribution is -0.133. The Morgan fingerprint density at radius 3 is 2.64 bits per heavy atom. The Morgan fingerprint density at radius 2 is 2.05 bits per heavy atom. The standard InChI is InChI=1S/C14H17Cl2NO4S/c1-21-5-4-12(9-2-3-10(15)11(16)6-9)17-13(18)7-22-8-14(19)20/h2-3,6,12H,4-5,7-8H2,1H3,(H,17,18)(H,19,20). The van der Waals surface area contributed by atoms with Crippen LogP contribution in [-0.2, 0) is 14.3 Å². The number of aliphatic carboxylic acids is 1. The highest BCUT2D eigenvalue weighted by Crippen LogP contribution is 2.27. The van der Waals surface area contributed by atoms with Crippen LogP contribution in [0.4, 0.5) is 0 Å². The van der Waals surface area contributed by atoms with E-state index < -0.39 is 5.97 Å². The van der Waals surface area contributed by atoms with E-state index in [0.717, 1.165) is 17.3 Å². The second kappa shape index (κ2) is 9.94. The smallest absolute Gasteiger partial charge is 0.313 e. The van der Waals surface area contributed by atoms with Gasteiger partial charge >= 0.3 is 5.97 Å². The van der Waals surface area contributed by atoms with E-state index in [2.05, 4.69) is 5.32 Å². The molecule has 0 fully saturated rings. The SMILES string of the molecule is COCCC(NC(=O)CSCC(=O)O)c1ccc(Cl)c(Cl)c1. The van der Waals surface area contributed by atoms with Gasteiger partial charge in [0.2, 0.25) is 5.91 Å². The second-order valence-electron chi connectivity index (χ2n) is 4.46. The molecule has 1 amide bonds. The van der Waals surface area contributed by atoms with Crippen LogP contribution in [0.25, 0.3) is 0 Å². The third kappa shape index (κ3) is 6.87. The van der Waals surface area contributed by atoms with Crippen LogP contribution in [-0.4, -0.2) is 42.2 Å². The summed E-state index contributed by atoms with van der Waals surface area (Å²) in [5.74, 6) is -1.21. The Bertz CT molecular complexity index is 528. The third-order valence-corrected chi connectivity index (χ3v) is 4.41. The molecule has 122 valence electrons. The van der Waals surface area contributed by atoms with Crippen LogP contribution in [0.2, 0.25) is 10.0 Å². The number of rotatable bonds is 9. The highest BCUT2D eigenvalue weighted by molar-refractivity contribution is 8.00. The zero-order valence-electron chi connectivity index (χ0n) is 12.0. The fraction of sp³-hybridized carbons (Fsp3) is 0.429. The maximum Gasteiger partial charge on any atom is 0.313 e. The Balaban J connectivity index is 2.69. The molecule has 0 spiro atoms. The lowest BCUT2D eigenvalue weighted by Gasteiger charge is -2.19. The van der Waals surface area contributed by atoms with Crippen molar-refractivity contribution in [2.75, 3.05) is 25.2 Å². The molecule has 1 aromatic rings. The molecule has 0 aliphatic carbocycles. The number of methoxy groups -OCH3 is 1. The quantitative estimate of drug-likeness (QED) is 0.703. The van der Waals surface area contributed by atoms with Gasteiger partial charge in [-0.3, -0.25) is 9.59 Å². The molecule has 1 unspecified atom stereocenters.